The van der Waals surface area contributed by atoms with Crippen molar-refractivity contribution in [2.45, 2.75) is 18.4 Å². The molecule has 0 spiro atoms. The highest BCUT2D eigenvalue weighted by molar-refractivity contribution is 5.85. The molecule has 1 aliphatic heterocycles. The standard InChI is InChI=1S/C13H13F7N2.2ClH/c14-10-7-8(12(15,16)17)1-2-9(10)11(13(18,19)20)22-5-3-21-4-6-22;;/h1-2,7,11,21H,3-6H2;2*1H/t11-;;/m0../s1. The van der Waals surface area contributed by atoms with Crippen molar-refractivity contribution in [2.75, 3.05) is 26.2 Å². The lowest BCUT2D eigenvalue weighted by molar-refractivity contribution is -0.188. The Bertz CT molecular complexity index is 528. The summed E-state index contributed by atoms with van der Waals surface area (Å²) >= 11 is 0. The van der Waals surface area contributed by atoms with E-state index in [2.05, 4.69) is 5.32 Å². The maximum absolute atomic E-state index is 13.9. The molecule has 0 unspecified atom stereocenters. The summed E-state index contributed by atoms with van der Waals surface area (Å²) in [6, 6.07) is -1.11. The van der Waals surface area contributed by atoms with E-state index in [1.807, 2.05) is 0 Å². The van der Waals surface area contributed by atoms with Gasteiger partial charge in [0.05, 0.1) is 5.56 Å². The first kappa shape index (κ1) is 23.2. The number of hydrogen-bond donors (Lipinski definition) is 1. The Balaban J connectivity index is 0.00000264. The van der Waals surface area contributed by atoms with Crippen molar-refractivity contribution in [3.8, 4) is 0 Å². The van der Waals surface area contributed by atoms with Crippen molar-refractivity contribution in [2.24, 2.45) is 0 Å². The molecule has 1 aromatic rings. The van der Waals surface area contributed by atoms with E-state index >= 15 is 0 Å². The molecule has 2 nitrogen and oxygen atoms in total. The van der Waals surface area contributed by atoms with Crippen LogP contribution in [0.2, 0.25) is 0 Å². The highest BCUT2D eigenvalue weighted by atomic mass is 35.5. The average Bonchev–Trinajstić information content (AvgIpc) is 2.39. The first-order chi connectivity index (χ1) is 10.1. The Hall–Kier alpha value is -0.770. The second-order valence-electron chi connectivity index (χ2n) is 4.96. The summed E-state index contributed by atoms with van der Waals surface area (Å²) in [5.74, 6) is -1.50. The first-order valence-corrected chi connectivity index (χ1v) is 6.49. The minimum absolute atomic E-state index is 0. The van der Waals surface area contributed by atoms with Gasteiger partial charge in [-0.15, -0.1) is 24.8 Å². The fourth-order valence-corrected chi connectivity index (χ4v) is 2.45. The molecule has 1 saturated heterocycles. The van der Waals surface area contributed by atoms with Gasteiger partial charge in [-0.05, 0) is 12.1 Å². The normalized spacial score (nSPS) is 17.6. The van der Waals surface area contributed by atoms with Gasteiger partial charge in [0.2, 0.25) is 0 Å². The average molecular weight is 403 g/mol. The Labute approximate surface area is 146 Å². The molecule has 11 heteroatoms. The minimum atomic E-state index is -4.80. The number of rotatable bonds is 2. The van der Waals surface area contributed by atoms with E-state index < -0.39 is 35.3 Å². The highest BCUT2D eigenvalue weighted by Gasteiger charge is 2.46. The fourth-order valence-electron chi connectivity index (χ4n) is 2.45. The molecule has 2 rings (SSSR count). The predicted molar refractivity (Wildman–Crippen MR) is 79.1 cm³/mol. The van der Waals surface area contributed by atoms with Gasteiger partial charge in [0.1, 0.15) is 11.9 Å². The lowest BCUT2D eigenvalue weighted by Gasteiger charge is -2.36. The van der Waals surface area contributed by atoms with Gasteiger partial charge in [0.15, 0.2) is 0 Å². The Morgan fingerprint density at radius 1 is 0.958 bits per heavy atom. The monoisotopic (exact) mass is 402 g/mol. The number of nitrogens with zero attached hydrogens (tertiary/aromatic N) is 1. The number of hydrogen-bond acceptors (Lipinski definition) is 2. The third-order valence-electron chi connectivity index (χ3n) is 3.45. The fraction of sp³-hybridized carbons (Fsp3) is 0.538. The van der Waals surface area contributed by atoms with E-state index in [4.69, 9.17) is 0 Å². The van der Waals surface area contributed by atoms with E-state index in [-0.39, 0.29) is 44.0 Å². The van der Waals surface area contributed by atoms with E-state index in [1.54, 1.807) is 0 Å². The van der Waals surface area contributed by atoms with Gasteiger partial charge in [-0.3, -0.25) is 4.90 Å². The summed E-state index contributed by atoms with van der Waals surface area (Å²) in [5.41, 5.74) is -2.10. The van der Waals surface area contributed by atoms with Gasteiger partial charge >= 0.3 is 12.4 Å². The third kappa shape index (κ3) is 5.37. The second kappa shape index (κ2) is 8.55. The van der Waals surface area contributed by atoms with E-state index in [1.165, 1.54) is 0 Å². The predicted octanol–water partition coefficient (Wildman–Crippen LogP) is 4.20. The first-order valence-electron chi connectivity index (χ1n) is 6.49. The maximum Gasteiger partial charge on any atom is 0.416 e. The molecule has 0 saturated carbocycles. The number of halogens is 9. The number of benzene rings is 1. The largest absolute Gasteiger partial charge is 0.416 e. The van der Waals surface area contributed by atoms with Crippen molar-refractivity contribution >= 4 is 24.8 Å². The van der Waals surface area contributed by atoms with Crippen LogP contribution in [0.25, 0.3) is 0 Å². The second-order valence-corrected chi connectivity index (χ2v) is 4.96. The SMILES string of the molecule is Cl.Cl.Fc1cc(C(F)(F)F)ccc1[C@H](N1CCNCC1)C(F)(F)F. The minimum Gasteiger partial charge on any atom is -0.314 e. The van der Waals surface area contributed by atoms with Gasteiger partial charge in [-0.25, -0.2) is 4.39 Å². The summed E-state index contributed by atoms with van der Waals surface area (Å²) in [4.78, 5) is 1.02. The number of nitrogens with one attached hydrogen (secondary N) is 1. The summed E-state index contributed by atoms with van der Waals surface area (Å²) in [5, 5.41) is 2.86. The van der Waals surface area contributed by atoms with Crippen LogP contribution >= 0.6 is 24.8 Å². The summed E-state index contributed by atoms with van der Waals surface area (Å²) in [6.45, 7) is 0.666. The van der Waals surface area contributed by atoms with E-state index in [0.29, 0.717) is 25.2 Å². The van der Waals surface area contributed by atoms with Crippen LogP contribution in [0.1, 0.15) is 17.2 Å². The maximum atomic E-state index is 13.9. The molecule has 140 valence electrons. The summed E-state index contributed by atoms with van der Waals surface area (Å²) in [7, 11) is 0. The van der Waals surface area contributed by atoms with Gasteiger partial charge in [0.25, 0.3) is 0 Å². The molecule has 0 amide bonds. The molecule has 0 aromatic heterocycles. The third-order valence-corrected chi connectivity index (χ3v) is 3.45. The van der Waals surface area contributed by atoms with Crippen LogP contribution in [0.15, 0.2) is 18.2 Å². The van der Waals surface area contributed by atoms with E-state index in [9.17, 15) is 30.7 Å². The van der Waals surface area contributed by atoms with Crippen molar-refractivity contribution in [1.82, 2.24) is 10.2 Å². The van der Waals surface area contributed by atoms with Crippen LogP contribution in [-0.4, -0.2) is 37.3 Å². The molecule has 1 fully saturated rings. The van der Waals surface area contributed by atoms with Gasteiger partial charge in [-0.1, -0.05) is 6.07 Å². The Morgan fingerprint density at radius 3 is 1.92 bits per heavy atom. The number of alkyl halides is 6. The molecule has 1 atom stereocenters. The quantitative estimate of drug-likeness (QED) is 0.745. The molecular formula is C13H15Cl2F7N2. The zero-order chi connectivity index (χ0) is 16.5. The highest BCUT2D eigenvalue weighted by Crippen LogP contribution is 2.40. The Morgan fingerprint density at radius 2 is 1.50 bits per heavy atom. The van der Waals surface area contributed by atoms with Gasteiger partial charge < -0.3 is 5.32 Å². The molecule has 0 radical (unpaired) electrons. The van der Waals surface area contributed by atoms with E-state index in [0.717, 1.165) is 4.90 Å². The van der Waals surface area contributed by atoms with Gasteiger partial charge in [0, 0.05) is 31.7 Å². The topological polar surface area (TPSA) is 15.3 Å². The lowest BCUT2D eigenvalue weighted by Crippen LogP contribution is -2.49. The molecular weight excluding hydrogens is 388 g/mol. The molecule has 1 aromatic carbocycles. The zero-order valence-corrected chi connectivity index (χ0v) is 13.7. The van der Waals surface area contributed by atoms with Crippen molar-refractivity contribution in [3.63, 3.8) is 0 Å². The summed E-state index contributed by atoms with van der Waals surface area (Å²) in [6.07, 6.45) is -9.58. The molecule has 0 bridgehead atoms. The Kier molecular flexibility index (Phi) is 8.28. The summed E-state index contributed by atoms with van der Waals surface area (Å²) < 4.78 is 91.1. The van der Waals surface area contributed by atoms with Crippen LogP contribution in [-0.2, 0) is 6.18 Å². The lowest BCUT2D eigenvalue weighted by atomic mass is 10.0. The van der Waals surface area contributed by atoms with Crippen molar-refractivity contribution in [1.29, 1.82) is 0 Å². The zero-order valence-electron chi connectivity index (χ0n) is 12.0. The van der Waals surface area contributed by atoms with Crippen LogP contribution in [0, 0.1) is 5.82 Å². The van der Waals surface area contributed by atoms with Crippen LogP contribution in [0.5, 0.6) is 0 Å². The molecule has 1 aliphatic rings. The van der Waals surface area contributed by atoms with Crippen molar-refractivity contribution < 1.29 is 30.7 Å². The number of piperazine rings is 1. The van der Waals surface area contributed by atoms with Crippen LogP contribution in [0.4, 0.5) is 30.7 Å². The molecule has 24 heavy (non-hydrogen) atoms. The molecule has 1 heterocycles. The van der Waals surface area contributed by atoms with Crippen molar-refractivity contribution in [3.05, 3.63) is 35.1 Å². The molecule has 0 aliphatic carbocycles. The molecule has 1 N–H and O–H groups in total. The van der Waals surface area contributed by atoms with Crippen LogP contribution in [0.3, 0.4) is 0 Å². The smallest absolute Gasteiger partial charge is 0.314 e. The van der Waals surface area contributed by atoms with Crippen LogP contribution < -0.4 is 5.32 Å². The van der Waals surface area contributed by atoms with Gasteiger partial charge in [-0.2, -0.15) is 26.3 Å².